The van der Waals surface area contributed by atoms with Crippen LogP contribution in [-0.2, 0) is 10.2 Å². The minimum atomic E-state index is 0.142. The van der Waals surface area contributed by atoms with Crippen molar-refractivity contribution >= 4 is 43.5 Å². The van der Waals surface area contributed by atoms with Crippen molar-refractivity contribution in [2.24, 2.45) is 0 Å². The molecule has 1 aliphatic heterocycles. The molecule has 1 aromatic carbocycles. The molecule has 1 unspecified atom stereocenters. The standard InChI is InChI=1S/C16H21Br2ClO/c17-11-16(12-18,13-5-7-14(19)8-6-13)9-1-3-15-4-2-10-20-15/h5-8,15H,1-4,9-12H2. The van der Waals surface area contributed by atoms with Gasteiger partial charge in [0.05, 0.1) is 6.10 Å². The van der Waals surface area contributed by atoms with Crippen molar-refractivity contribution in [3.05, 3.63) is 34.9 Å². The summed E-state index contributed by atoms with van der Waals surface area (Å²) in [7, 11) is 0. The summed E-state index contributed by atoms with van der Waals surface area (Å²) in [5.41, 5.74) is 1.49. The summed E-state index contributed by atoms with van der Waals surface area (Å²) in [5, 5.41) is 2.71. The number of hydrogen-bond donors (Lipinski definition) is 0. The van der Waals surface area contributed by atoms with Gasteiger partial charge in [0.2, 0.25) is 0 Å². The Bertz CT molecular complexity index is 397. The molecule has 1 aliphatic rings. The van der Waals surface area contributed by atoms with Gasteiger partial charge in [0.15, 0.2) is 0 Å². The molecule has 0 amide bonds. The molecule has 1 saturated heterocycles. The van der Waals surface area contributed by atoms with Gasteiger partial charge in [0.25, 0.3) is 0 Å². The van der Waals surface area contributed by atoms with Crippen LogP contribution in [0.15, 0.2) is 24.3 Å². The van der Waals surface area contributed by atoms with E-state index in [1.807, 2.05) is 12.1 Å². The summed E-state index contributed by atoms with van der Waals surface area (Å²) in [6.45, 7) is 0.948. The Labute approximate surface area is 143 Å². The van der Waals surface area contributed by atoms with E-state index in [-0.39, 0.29) is 5.41 Å². The number of hydrogen-bond acceptors (Lipinski definition) is 1. The first kappa shape index (κ1) is 16.8. The molecule has 0 bridgehead atoms. The van der Waals surface area contributed by atoms with E-state index in [4.69, 9.17) is 16.3 Å². The normalized spacial score (nSPS) is 19.4. The van der Waals surface area contributed by atoms with Gasteiger partial charge < -0.3 is 4.74 Å². The molecule has 20 heavy (non-hydrogen) atoms. The van der Waals surface area contributed by atoms with Crippen LogP contribution in [0.5, 0.6) is 0 Å². The van der Waals surface area contributed by atoms with Gasteiger partial charge in [0, 0.05) is 27.7 Å². The first-order valence-corrected chi connectivity index (χ1v) is 9.82. The molecule has 1 nitrogen and oxygen atoms in total. The molecule has 0 spiro atoms. The number of benzene rings is 1. The third kappa shape index (κ3) is 4.22. The molecule has 1 heterocycles. The average molecular weight is 425 g/mol. The topological polar surface area (TPSA) is 9.23 Å². The lowest BCUT2D eigenvalue weighted by atomic mass is 9.80. The molecule has 0 radical (unpaired) electrons. The molecule has 0 saturated carbocycles. The van der Waals surface area contributed by atoms with Crippen molar-refractivity contribution in [2.45, 2.75) is 43.6 Å². The van der Waals surface area contributed by atoms with Crippen LogP contribution in [0, 0.1) is 0 Å². The Balaban J connectivity index is 1.98. The number of rotatable bonds is 7. The predicted molar refractivity (Wildman–Crippen MR) is 93.5 cm³/mol. The van der Waals surface area contributed by atoms with Crippen molar-refractivity contribution < 1.29 is 4.74 Å². The first-order chi connectivity index (χ1) is 9.70. The fourth-order valence-electron chi connectivity index (χ4n) is 2.81. The zero-order chi connectivity index (χ0) is 14.4. The zero-order valence-corrected chi connectivity index (χ0v) is 15.5. The lowest BCUT2D eigenvalue weighted by Crippen LogP contribution is -2.30. The molecule has 0 aliphatic carbocycles. The molecule has 1 atom stereocenters. The highest BCUT2D eigenvalue weighted by Gasteiger charge is 2.30. The fraction of sp³-hybridized carbons (Fsp3) is 0.625. The van der Waals surface area contributed by atoms with E-state index in [9.17, 15) is 0 Å². The maximum atomic E-state index is 6.00. The van der Waals surface area contributed by atoms with Crippen molar-refractivity contribution in [3.8, 4) is 0 Å². The van der Waals surface area contributed by atoms with Crippen LogP contribution in [0.3, 0.4) is 0 Å². The Hall–Kier alpha value is 0.430. The Morgan fingerprint density at radius 2 is 1.90 bits per heavy atom. The second-order valence-electron chi connectivity index (χ2n) is 5.58. The Morgan fingerprint density at radius 3 is 2.45 bits per heavy atom. The Kier molecular flexibility index (Phi) is 6.86. The number of halogens is 3. The molecule has 0 N–H and O–H groups in total. The maximum absolute atomic E-state index is 6.00. The van der Waals surface area contributed by atoms with Crippen molar-refractivity contribution in [2.75, 3.05) is 17.3 Å². The zero-order valence-electron chi connectivity index (χ0n) is 11.6. The SMILES string of the molecule is Clc1ccc(C(CBr)(CBr)CCCC2CCCO2)cc1. The van der Waals surface area contributed by atoms with E-state index < -0.39 is 0 Å². The second-order valence-corrected chi connectivity index (χ2v) is 7.14. The molecule has 2 rings (SSSR count). The highest BCUT2D eigenvalue weighted by atomic mass is 79.9. The fourth-order valence-corrected chi connectivity index (χ4v) is 5.07. The van der Waals surface area contributed by atoms with Gasteiger partial charge in [-0.3, -0.25) is 0 Å². The van der Waals surface area contributed by atoms with E-state index in [1.54, 1.807) is 0 Å². The summed E-state index contributed by atoms with van der Waals surface area (Å²) in [4.78, 5) is 0. The van der Waals surface area contributed by atoms with E-state index in [1.165, 1.54) is 31.2 Å². The summed E-state index contributed by atoms with van der Waals surface area (Å²) in [5.74, 6) is 0. The molecular weight excluding hydrogens is 403 g/mol. The van der Waals surface area contributed by atoms with Gasteiger partial charge in [-0.15, -0.1) is 0 Å². The smallest absolute Gasteiger partial charge is 0.0576 e. The Morgan fingerprint density at radius 1 is 1.20 bits per heavy atom. The van der Waals surface area contributed by atoms with Crippen LogP contribution in [0.25, 0.3) is 0 Å². The van der Waals surface area contributed by atoms with E-state index in [0.717, 1.165) is 28.7 Å². The van der Waals surface area contributed by atoms with Gasteiger partial charge in [0.1, 0.15) is 0 Å². The van der Waals surface area contributed by atoms with Crippen molar-refractivity contribution in [3.63, 3.8) is 0 Å². The molecule has 112 valence electrons. The summed E-state index contributed by atoms with van der Waals surface area (Å²) in [6.07, 6.45) is 6.48. The van der Waals surface area contributed by atoms with E-state index in [0.29, 0.717) is 6.10 Å². The van der Waals surface area contributed by atoms with Crippen LogP contribution in [0.1, 0.15) is 37.7 Å². The molecule has 1 aromatic rings. The summed E-state index contributed by atoms with van der Waals surface area (Å²) >= 11 is 13.4. The number of alkyl halides is 2. The van der Waals surface area contributed by atoms with Crippen LogP contribution in [-0.4, -0.2) is 23.4 Å². The largest absolute Gasteiger partial charge is 0.378 e. The van der Waals surface area contributed by atoms with Crippen molar-refractivity contribution in [1.82, 2.24) is 0 Å². The highest BCUT2D eigenvalue weighted by Crippen LogP contribution is 2.35. The lowest BCUT2D eigenvalue weighted by molar-refractivity contribution is 0.101. The van der Waals surface area contributed by atoms with E-state index >= 15 is 0 Å². The van der Waals surface area contributed by atoms with Crippen molar-refractivity contribution in [1.29, 1.82) is 0 Å². The van der Waals surface area contributed by atoms with Crippen LogP contribution in [0.4, 0.5) is 0 Å². The van der Waals surface area contributed by atoms with Gasteiger partial charge >= 0.3 is 0 Å². The minimum absolute atomic E-state index is 0.142. The summed E-state index contributed by atoms with van der Waals surface area (Å²) < 4.78 is 5.72. The van der Waals surface area contributed by atoms with Gasteiger partial charge in [-0.1, -0.05) is 55.6 Å². The monoisotopic (exact) mass is 422 g/mol. The molecule has 0 aromatic heterocycles. The van der Waals surface area contributed by atoms with Gasteiger partial charge in [-0.2, -0.15) is 0 Å². The third-order valence-electron chi connectivity index (χ3n) is 4.17. The average Bonchev–Trinajstić information content (AvgIpc) is 2.98. The van der Waals surface area contributed by atoms with Crippen LogP contribution >= 0.6 is 43.5 Å². The predicted octanol–water partition coefficient (Wildman–Crippen LogP) is 5.72. The van der Waals surface area contributed by atoms with Gasteiger partial charge in [-0.05, 0) is 49.8 Å². The maximum Gasteiger partial charge on any atom is 0.0576 e. The first-order valence-electron chi connectivity index (χ1n) is 7.20. The van der Waals surface area contributed by atoms with E-state index in [2.05, 4.69) is 44.0 Å². The quantitative estimate of drug-likeness (QED) is 0.509. The third-order valence-corrected chi connectivity index (χ3v) is 6.57. The molecular formula is C16H21Br2ClO. The van der Waals surface area contributed by atoms with Crippen LogP contribution < -0.4 is 0 Å². The summed E-state index contributed by atoms with van der Waals surface area (Å²) in [6, 6.07) is 8.27. The number of ether oxygens (including phenoxy) is 1. The highest BCUT2D eigenvalue weighted by molar-refractivity contribution is 9.09. The lowest BCUT2D eigenvalue weighted by Gasteiger charge is -2.31. The van der Waals surface area contributed by atoms with Gasteiger partial charge in [-0.25, -0.2) is 0 Å². The van der Waals surface area contributed by atoms with Crippen LogP contribution in [0.2, 0.25) is 5.02 Å². The molecule has 4 heteroatoms. The molecule has 1 fully saturated rings. The second kappa shape index (κ2) is 8.17. The minimum Gasteiger partial charge on any atom is -0.378 e.